The van der Waals surface area contributed by atoms with Crippen LogP contribution in [-0.2, 0) is 5.41 Å². The van der Waals surface area contributed by atoms with Crippen molar-refractivity contribution in [1.82, 2.24) is 0 Å². The molecule has 0 amide bonds. The fourth-order valence-electron chi connectivity index (χ4n) is 6.88. The summed E-state index contributed by atoms with van der Waals surface area (Å²) in [5, 5.41) is 9.48. The largest absolute Gasteiger partial charge is 0.310 e. The predicted octanol–water partition coefficient (Wildman–Crippen LogP) is 10.5. The van der Waals surface area contributed by atoms with Crippen molar-refractivity contribution in [3.63, 3.8) is 0 Å². The average Bonchev–Trinajstić information content (AvgIpc) is 3.02. The smallest absolute Gasteiger partial charge is 0.0474 e. The van der Waals surface area contributed by atoms with Crippen LogP contribution in [0.5, 0.6) is 0 Å². The maximum atomic E-state index is 2.47. The molecule has 41 heavy (non-hydrogen) atoms. The van der Waals surface area contributed by atoms with Gasteiger partial charge in [-0.25, -0.2) is 0 Å². The van der Waals surface area contributed by atoms with E-state index in [4.69, 9.17) is 0 Å². The van der Waals surface area contributed by atoms with Crippen molar-refractivity contribution in [2.75, 3.05) is 4.90 Å². The molecule has 0 aliphatic heterocycles. The number of anilines is 3. The first-order valence-corrected chi connectivity index (χ1v) is 14.5. The van der Waals surface area contributed by atoms with Crippen LogP contribution < -0.4 is 10.1 Å². The summed E-state index contributed by atoms with van der Waals surface area (Å²) in [6, 6.07) is 48.8. The minimum absolute atomic E-state index is 0.119. The maximum absolute atomic E-state index is 2.47. The van der Waals surface area contributed by atoms with E-state index in [1.807, 2.05) is 0 Å². The molecule has 1 heteroatoms. The monoisotopic (exact) mass is 525 g/mol. The summed E-state index contributed by atoms with van der Waals surface area (Å²) >= 11 is 0. The van der Waals surface area contributed by atoms with Crippen molar-refractivity contribution >= 4 is 55.5 Å². The van der Waals surface area contributed by atoms with Crippen LogP contribution >= 0.6 is 0 Å². The van der Waals surface area contributed by atoms with Crippen molar-refractivity contribution < 1.29 is 0 Å². The van der Waals surface area contributed by atoms with Gasteiger partial charge in [0.05, 0.1) is 0 Å². The van der Waals surface area contributed by atoms with Crippen molar-refractivity contribution in [2.45, 2.75) is 25.7 Å². The predicted molar refractivity (Wildman–Crippen MR) is 176 cm³/mol. The Morgan fingerprint density at radius 3 is 1.95 bits per heavy atom. The van der Waals surface area contributed by atoms with Gasteiger partial charge >= 0.3 is 0 Å². The highest BCUT2D eigenvalue weighted by molar-refractivity contribution is 6.23. The molecule has 0 heterocycles. The number of hydrogen-bond acceptors (Lipinski definition) is 1. The van der Waals surface area contributed by atoms with Gasteiger partial charge in [-0.2, -0.15) is 0 Å². The highest BCUT2D eigenvalue weighted by Crippen LogP contribution is 2.43. The fraction of sp³-hybridized carbons (Fsp3) is 0.100. The van der Waals surface area contributed by atoms with Crippen molar-refractivity contribution in [3.05, 3.63) is 144 Å². The lowest BCUT2D eigenvalue weighted by Gasteiger charge is -2.30. The summed E-state index contributed by atoms with van der Waals surface area (Å²) in [5.74, 6) is 0. The van der Waals surface area contributed by atoms with Crippen LogP contribution in [0, 0.1) is 0 Å². The first-order valence-electron chi connectivity index (χ1n) is 14.5. The molecule has 0 bridgehead atoms. The SMILES string of the molecule is CC1(C)CC=c2c3cccc4cc(N(c5ccccc5)c5ccc(-c6ccccc6)cc5)cc(c5cccc1c25)c43. The highest BCUT2D eigenvalue weighted by Gasteiger charge is 2.27. The Kier molecular flexibility index (Phi) is 5.30. The number of rotatable bonds is 4. The summed E-state index contributed by atoms with van der Waals surface area (Å²) in [6.07, 6.45) is 3.53. The Labute approximate surface area is 241 Å². The van der Waals surface area contributed by atoms with E-state index < -0.39 is 0 Å². The van der Waals surface area contributed by atoms with E-state index in [9.17, 15) is 0 Å². The van der Waals surface area contributed by atoms with E-state index in [0.717, 1.165) is 17.8 Å². The average molecular weight is 526 g/mol. The van der Waals surface area contributed by atoms with E-state index in [1.165, 1.54) is 59.9 Å². The van der Waals surface area contributed by atoms with Gasteiger partial charge in [0, 0.05) is 17.1 Å². The summed E-state index contributed by atoms with van der Waals surface area (Å²) in [7, 11) is 0. The van der Waals surface area contributed by atoms with E-state index in [-0.39, 0.29) is 5.41 Å². The number of nitrogens with zero attached hydrogens (tertiary/aromatic N) is 1. The quantitative estimate of drug-likeness (QED) is 0.163. The lowest BCUT2D eigenvalue weighted by atomic mass is 9.74. The van der Waals surface area contributed by atoms with E-state index in [1.54, 1.807) is 0 Å². The molecule has 8 rings (SSSR count). The second-order valence-corrected chi connectivity index (χ2v) is 11.9. The van der Waals surface area contributed by atoms with Crippen LogP contribution in [0.2, 0.25) is 0 Å². The maximum Gasteiger partial charge on any atom is 0.0474 e. The van der Waals surface area contributed by atoms with Gasteiger partial charge in [-0.05, 0) is 102 Å². The van der Waals surface area contributed by atoms with Gasteiger partial charge < -0.3 is 4.90 Å². The lowest BCUT2D eigenvalue weighted by molar-refractivity contribution is 0.548. The molecule has 7 aromatic rings. The molecule has 1 nitrogen and oxygen atoms in total. The molecule has 0 atom stereocenters. The number of fused-ring (bicyclic) bond motifs is 2. The Hall–Kier alpha value is -4.88. The molecule has 0 unspecified atom stereocenters. The highest BCUT2D eigenvalue weighted by atomic mass is 15.1. The molecule has 0 N–H and O–H groups in total. The zero-order valence-electron chi connectivity index (χ0n) is 23.4. The number of para-hydroxylation sites is 1. The number of benzene rings is 7. The molecule has 196 valence electrons. The Morgan fingerprint density at radius 2 is 1.17 bits per heavy atom. The summed E-state index contributed by atoms with van der Waals surface area (Å²) in [5.41, 5.74) is 7.49. The van der Waals surface area contributed by atoms with Gasteiger partial charge in [0.15, 0.2) is 0 Å². The molecule has 0 saturated carbocycles. The molecule has 1 aliphatic carbocycles. The molecule has 7 aromatic carbocycles. The molecular formula is C40H31N. The molecule has 0 aromatic heterocycles. The first-order chi connectivity index (χ1) is 20.1. The molecular weight excluding hydrogens is 494 g/mol. The Balaban J connectivity index is 1.40. The fourth-order valence-corrected chi connectivity index (χ4v) is 6.88. The Bertz CT molecular complexity index is 2120. The van der Waals surface area contributed by atoms with Crippen LogP contribution in [0.25, 0.3) is 49.5 Å². The topological polar surface area (TPSA) is 3.24 Å². The van der Waals surface area contributed by atoms with Gasteiger partial charge in [-0.1, -0.05) is 117 Å². The molecule has 0 fully saturated rings. The third-order valence-corrected chi connectivity index (χ3v) is 8.93. The first kappa shape index (κ1) is 24.0. The zero-order valence-corrected chi connectivity index (χ0v) is 23.4. The minimum Gasteiger partial charge on any atom is -0.310 e. The van der Waals surface area contributed by atoms with Crippen LogP contribution in [0.15, 0.2) is 133 Å². The normalized spacial score (nSPS) is 13.9. The van der Waals surface area contributed by atoms with Crippen LogP contribution in [-0.4, -0.2) is 0 Å². The van der Waals surface area contributed by atoms with Crippen molar-refractivity contribution in [3.8, 4) is 11.1 Å². The van der Waals surface area contributed by atoms with E-state index in [2.05, 4.69) is 158 Å². The summed E-state index contributed by atoms with van der Waals surface area (Å²) in [4.78, 5) is 2.39. The zero-order chi connectivity index (χ0) is 27.6. The molecule has 0 saturated heterocycles. The van der Waals surface area contributed by atoms with Gasteiger partial charge in [0.2, 0.25) is 0 Å². The third kappa shape index (κ3) is 3.77. The minimum atomic E-state index is 0.119. The molecule has 0 radical (unpaired) electrons. The third-order valence-electron chi connectivity index (χ3n) is 8.93. The molecule has 1 aliphatic rings. The number of hydrogen-bond donors (Lipinski definition) is 0. The van der Waals surface area contributed by atoms with Gasteiger partial charge in [0.1, 0.15) is 0 Å². The van der Waals surface area contributed by atoms with Crippen LogP contribution in [0.4, 0.5) is 17.1 Å². The van der Waals surface area contributed by atoms with E-state index in [0.29, 0.717) is 0 Å². The summed E-state index contributed by atoms with van der Waals surface area (Å²) in [6.45, 7) is 4.75. The van der Waals surface area contributed by atoms with Crippen molar-refractivity contribution in [2.24, 2.45) is 0 Å². The van der Waals surface area contributed by atoms with Gasteiger partial charge in [-0.15, -0.1) is 0 Å². The van der Waals surface area contributed by atoms with Crippen LogP contribution in [0.3, 0.4) is 0 Å². The second kappa shape index (κ2) is 9.08. The Morgan fingerprint density at radius 1 is 0.512 bits per heavy atom. The van der Waals surface area contributed by atoms with Crippen LogP contribution in [0.1, 0.15) is 25.8 Å². The van der Waals surface area contributed by atoms with Crippen molar-refractivity contribution in [1.29, 1.82) is 0 Å². The second-order valence-electron chi connectivity index (χ2n) is 11.9. The van der Waals surface area contributed by atoms with E-state index >= 15 is 0 Å². The summed E-state index contributed by atoms with van der Waals surface area (Å²) < 4.78 is 0. The molecule has 0 spiro atoms. The van der Waals surface area contributed by atoms with Gasteiger partial charge in [0.25, 0.3) is 0 Å². The standard InChI is InChI=1S/C40H31N/c1-40(2)24-23-35-33-16-9-13-29-25-32(26-36(38(29)33)34-17-10-18-37(40)39(34)35)41(30-14-7-4-8-15-30)31-21-19-28(20-22-31)27-11-5-3-6-12-27/h3-23,25-26H,24H2,1-2H3. The van der Waals surface area contributed by atoms with Gasteiger partial charge in [-0.3, -0.25) is 0 Å². The lowest BCUT2D eigenvalue weighted by Crippen LogP contribution is -2.25.